The Morgan fingerprint density at radius 2 is 1.67 bits per heavy atom. The number of amides is 2. The van der Waals surface area contributed by atoms with E-state index in [1.165, 1.54) is 35.3 Å². The Kier molecular flexibility index (Phi) is 11.5. The van der Waals surface area contributed by atoms with E-state index in [0.29, 0.717) is 33.7 Å². The summed E-state index contributed by atoms with van der Waals surface area (Å²) in [5, 5.41) is 4.61. The SMILES string of the molecule is CCCCCCCC(=O)Nc1ccc(Cl)c(N=C2NN(c3c(Cl)cc(Cl)cc3Cl)C(=O)C2Sc2cc(C)ccc2C)c1. The molecule has 1 aliphatic rings. The summed E-state index contributed by atoms with van der Waals surface area (Å²) in [6.07, 6.45) is 5.77. The third-order valence-electron chi connectivity index (χ3n) is 6.69. The van der Waals surface area contributed by atoms with Gasteiger partial charge in [-0.1, -0.05) is 96.7 Å². The highest BCUT2D eigenvalue weighted by molar-refractivity contribution is 8.01. The van der Waals surface area contributed by atoms with Crippen molar-refractivity contribution in [3.8, 4) is 0 Å². The Hall–Kier alpha value is -2.42. The monoisotopic (exact) mass is 664 g/mol. The molecule has 0 saturated carbocycles. The van der Waals surface area contributed by atoms with Gasteiger partial charge in [-0.3, -0.25) is 15.0 Å². The lowest BCUT2D eigenvalue weighted by molar-refractivity contribution is -0.117. The number of carbonyl (C=O) groups is 2. The molecule has 6 nitrogen and oxygen atoms in total. The summed E-state index contributed by atoms with van der Waals surface area (Å²) >= 11 is 27.0. The van der Waals surface area contributed by atoms with Gasteiger partial charge in [0.1, 0.15) is 16.8 Å². The van der Waals surface area contributed by atoms with Crippen LogP contribution in [0.4, 0.5) is 17.1 Å². The second kappa shape index (κ2) is 14.8. The molecule has 4 rings (SSSR count). The normalized spacial score (nSPS) is 15.8. The number of hydrogen-bond donors (Lipinski definition) is 2. The second-order valence-corrected chi connectivity index (χ2v) is 13.0. The molecule has 42 heavy (non-hydrogen) atoms. The Morgan fingerprint density at radius 1 is 0.952 bits per heavy atom. The lowest BCUT2D eigenvalue weighted by Crippen LogP contribution is -2.36. The third-order valence-corrected chi connectivity index (χ3v) is 9.16. The fraction of sp³-hybridized carbons (Fsp3) is 0.323. The van der Waals surface area contributed by atoms with E-state index >= 15 is 0 Å². The number of halogens is 4. The summed E-state index contributed by atoms with van der Waals surface area (Å²) in [6, 6.07) is 14.2. The molecule has 2 N–H and O–H groups in total. The Labute approximate surface area is 271 Å². The summed E-state index contributed by atoms with van der Waals surface area (Å²) in [7, 11) is 0. The van der Waals surface area contributed by atoms with Crippen molar-refractivity contribution in [1.82, 2.24) is 5.43 Å². The molecule has 222 valence electrons. The van der Waals surface area contributed by atoms with E-state index in [9.17, 15) is 9.59 Å². The quantitative estimate of drug-likeness (QED) is 0.200. The Morgan fingerprint density at radius 3 is 2.38 bits per heavy atom. The van der Waals surface area contributed by atoms with Crippen LogP contribution in [0, 0.1) is 13.8 Å². The molecule has 0 radical (unpaired) electrons. The average Bonchev–Trinajstić information content (AvgIpc) is 3.21. The number of thioether (sulfide) groups is 1. The maximum Gasteiger partial charge on any atom is 0.267 e. The van der Waals surface area contributed by atoms with Crippen LogP contribution in [0.1, 0.15) is 56.6 Å². The molecule has 11 heteroatoms. The summed E-state index contributed by atoms with van der Waals surface area (Å²) in [5.41, 5.74) is 6.43. The van der Waals surface area contributed by atoms with Gasteiger partial charge >= 0.3 is 0 Å². The number of aliphatic imine (C=N–C) groups is 1. The molecule has 2 amide bonds. The minimum atomic E-state index is -0.759. The van der Waals surface area contributed by atoms with Crippen LogP contribution in [0.15, 0.2) is 58.4 Å². The predicted octanol–water partition coefficient (Wildman–Crippen LogP) is 9.96. The minimum absolute atomic E-state index is 0.0665. The van der Waals surface area contributed by atoms with E-state index in [0.717, 1.165) is 41.7 Å². The van der Waals surface area contributed by atoms with Crippen molar-refractivity contribution in [3.05, 3.63) is 79.7 Å². The molecule has 1 aliphatic heterocycles. The number of benzene rings is 3. The van der Waals surface area contributed by atoms with Crippen LogP contribution in [0.5, 0.6) is 0 Å². The van der Waals surface area contributed by atoms with E-state index < -0.39 is 5.25 Å². The average molecular weight is 667 g/mol. The molecule has 0 aromatic heterocycles. The standard InChI is InChI=1S/C31H32Cl4N4O2S/c1-4-5-6-7-8-9-27(40)36-21-12-13-22(33)25(17-21)37-30-29(42-26-14-18(2)10-11-19(26)3)31(41)39(38-30)28-23(34)15-20(32)16-24(28)35/h10-17,29H,4-9H2,1-3H3,(H,36,40)(H,37,38). The number of aryl methyl sites for hydroxylation is 2. The summed E-state index contributed by atoms with van der Waals surface area (Å²) in [5.74, 6) is -0.0353. The number of anilines is 2. The Bertz CT molecular complexity index is 1490. The van der Waals surface area contributed by atoms with Gasteiger partial charge in [-0.05, 0) is 62.2 Å². The van der Waals surface area contributed by atoms with Crippen molar-refractivity contribution < 1.29 is 9.59 Å². The zero-order valence-electron chi connectivity index (χ0n) is 23.6. The van der Waals surface area contributed by atoms with Crippen LogP contribution in [0.25, 0.3) is 0 Å². The Balaban J connectivity index is 1.65. The number of nitrogens with zero attached hydrogens (tertiary/aromatic N) is 2. The van der Waals surface area contributed by atoms with Gasteiger partial charge in [0.2, 0.25) is 5.91 Å². The number of nitrogens with one attached hydrogen (secondary N) is 2. The van der Waals surface area contributed by atoms with Gasteiger partial charge in [-0.2, -0.15) is 0 Å². The number of hydrogen-bond acceptors (Lipinski definition) is 4. The molecule has 1 heterocycles. The minimum Gasteiger partial charge on any atom is -0.326 e. The topological polar surface area (TPSA) is 73.8 Å². The first-order valence-corrected chi connectivity index (χ1v) is 16.1. The zero-order chi connectivity index (χ0) is 30.4. The number of unbranched alkanes of at least 4 members (excludes halogenated alkanes) is 4. The molecule has 0 spiro atoms. The molecule has 1 atom stereocenters. The van der Waals surface area contributed by atoms with Crippen LogP contribution in [0.2, 0.25) is 20.1 Å². The first-order chi connectivity index (χ1) is 20.1. The summed E-state index contributed by atoms with van der Waals surface area (Å²) in [4.78, 5) is 32.1. The van der Waals surface area contributed by atoms with E-state index in [-0.39, 0.29) is 27.5 Å². The number of rotatable bonds is 11. The van der Waals surface area contributed by atoms with Crippen LogP contribution >= 0.6 is 58.2 Å². The number of amidine groups is 1. The second-order valence-electron chi connectivity index (χ2n) is 10.1. The van der Waals surface area contributed by atoms with Gasteiger partial charge in [0.05, 0.1) is 20.8 Å². The van der Waals surface area contributed by atoms with Crippen LogP contribution < -0.4 is 15.8 Å². The van der Waals surface area contributed by atoms with Crippen LogP contribution in [-0.4, -0.2) is 22.9 Å². The van der Waals surface area contributed by atoms with Crippen molar-refractivity contribution >= 4 is 92.9 Å². The van der Waals surface area contributed by atoms with Crippen molar-refractivity contribution in [2.75, 3.05) is 10.3 Å². The molecule has 0 aliphatic carbocycles. The van der Waals surface area contributed by atoms with Crippen molar-refractivity contribution in [2.45, 2.75) is 69.4 Å². The summed E-state index contributed by atoms with van der Waals surface area (Å²) < 4.78 is 0. The molecule has 1 fully saturated rings. The van der Waals surface area contributed by atoms with E-state index in [2.05, 4.69) is 17.7 Å². The first kappa shape index (κ1) is 32.5. The number of carbonyl (C=O) groups excluding carboxylic acids is 2. The van der Waals surface area contributed by atoms with Gasteiger partial charge in [0, 0.05) is 22.0 Å². The highest BCUT2D eigenvalue weighted by Gasteiger charge is 2.41. The zero-order valence-corrected chi connectivity index (χ0v) is 27.4. The molecule has 3 aromatic carbocycles. The molecule has 1 saturated heterocycles. The maximum absolute atomic E-state index is 13.9. The molecular weight excluding hydrogens is 634 g/mol. The largest absolute Gasteiger partial charge is 0.326 e. The third kappa shape index (κ3) is 8.14. The van der Waals surface area contributed by atoms with E-state index in [4.69, 9.17) is 51.4 Å². The van der Waals surface area contributed by atoms with Crippen molar-refractivity contribution in [3.63, 3.8) is 0 Å². The summed E-state index contributed by atoms with van der Waals surface area (Å²) in [6.45, 7) is 6.15. The first-order valence-electron chi connectivity index (χ1n) is 13.7. The predicted molar refractivity (Wildman–Crippen MR) is 178 cm³/mol. The fourth-order valence-corrected chi connectivity index (χ4v) is 6.78. The van der Waals surface area contributed by atoms with Gasteiger partial charge in [0.25, 0.3) is 5.91 Å². The molecular formula is C31H32Cl4N4O2S. The van der Waals surface area contributed by atoms with Gasteiger partial charge in [-0.15, -0.1) is 11.8 Å². The number of hydrazine groups is 1. The van der Waals surface area contributed by atoms with Crippen molar-refractivity contribution in [1.29, 1.82) is 0 Å². The van der Waals surface area contributed by atoms with Crippen LogP contribution in [-0.2, 0) is 9.59 Å². The van der Waals surface area contributed by atoms with E-state index in [1.807, 2.05) is 32.0 Å². The van der Waals surface area contributed by atoms with Gasteiger partial charge in [-0.25, -0.2) is 10.0 Å². The lowest BCUT2D eigenvalue weighted by Gasteiger charge is -2.19. The maximum atomic E-state index is 13.9. The van der Waals surface area contributed by atoms with Crippen molar-refractivity contribution in [2.24, 2.45) is 4.99 Å². The smallest absolute Gasteiger partial charge is 0.267 e. The van der Waals surface area contributed by atoms with Gasteiger partial charge in [0.15, 0.2) is 0 Å². The molecule has 3 aromatic rings. The molecule has 0 bridgehead atoms. The van der Waals surface area contributed by atoms with E-state index in [1.54, 1.807) is 18.2 Å². The van der Waals surface area contributed by atoms with Gasteiger partial charge < -0.3 is 5.32 Å². The fourth-order valence-electron chi connectivity index (χ4n) is 4.45. The molecule has 1 unspecified atom stereocenters. The highest BCUT2D eigenvalue weighted by atomic mass is 35.5. The highest BCUT2D eigenvalue weighted by Crippen LogP contribution is 2.40. The lowest BCUT2D eigenvalue weighted by atomic mass is 10.1. The van der Waals surface area contributed by atoms with Crippen LogP contribution in [0.3, 0.4) is 0 Å².